The number of hydrogen-bond acceptors (Lipinski definition) is 4. The zero-order valence-electron chi connectivity index (χ0n) is 12.6. The van der Waals surface area contributed by atoms with Gasteiger partial charge in [0.2, 0.25) is 0 Å². The molecule has 0 saturated carbocycles. The second-order valence-corrected chi connectivity index (χ2v) is 6.26. The Balaban J connectivity index is 2.33. The molecule has 2 aromatic rings. The van der Waals surface area contributed by atoms with E-state index in [1.54, 1.807) is 37.4 Å². The summed E-state index contributed by atoms with van der Waals surface area (Å²) in [6.07, 6.45) is 1.27. The summed E-state index contributed by atoms with van der Waals surface area (Å²) >= 11 is 0. The SMILES string of the molecule is COc1ccc(/C=N/S(=O)(=O)c2ccc(C)cc2)c(OC)c1. The van der Waals surface area contributed by atoms with Crippen molar-refractivity contribution in [2.24, 2.45) is 4.40 Å². The highest BCUT2D eigenvalue weighted by molar-refractivity contribution is 7.90. The maximum Gasteiger partial charge on any atom is 0.282 e. The van der Waals surface area contributed by atoms with Gasteiger partial charge in [0, 0.05) is 11.6 Å². The fourth-order valence-corrected chi connectivity index (χ4v) is 2.68. The van der Waals surface area contributed by atoms with Gasteiger partial charge in [-0.1, -0.05) is 17.7 Å². The molecule has 2 rings (SSSR count). The molecule has 0 atom stereocenters. The standard InChI is InChI=1S/C16H17NO4S/c1-12-4-8-15(9-5-12)22(18,19)17-11-13-6-7-14(20-2)10-16(13)21-3/h4-11H,1-3H3/b17-11+. The fraction of sp³-hybridized carbons (Fsp3) is 0.188. The van der Waals surface area contributed by atoms with E-state index < -0.39 is 10.0 Å². The molecule has 0 aliphatic heterocycles. The molecule has 0 unspecified atom stereocenters. The molecule has 2 aromatic carbocycles. The summed E-state index contributed by atoms with van der Waals surface area (Å²) in [5, 5.41) is 0. The van der Waals surface area contributed by atoms with E-state index in [4.69, 9.17) is 9.47 Å². The van der Waals surface area contributed by atoms with Crippen molar-refractivity contribution < 1.29 is 17.9 Å². The first-order valence-electron chi connectivity index (χ1n) is 6.55. The lowest BCUT2D eigenvalue weighted by Gasteiger charge is -2.07. The Morgan fingerprint density at radius 3 is 2.27 bits per heavy atom. The van der Waals surface area contributed by atoms with Crippen molar-refractivity contribution in [2.45, 2.75) is 11.8 Å². The highest BCUT2D eigenvalue weighted by Crippen LogP contribution is 2.23. The third-order valence-corrected chi connectivity index (χ3v) is 4.34. The largest absolute Gasteiger partial charge is 0.497 e. The number of nitrogens with zero attached hydrogens (tertiary/aromatic N) is 1. The average molecular weight is 319 g/mol. The molecule has 6 heteroatoms. The van der Waals surface area contributed by atoms with Crippen LogP contribution in [0.25, 0.3) is 0 Å². The molecule has 0 fully saturated rings. The third-order valence-electron chi connectivity index (χ3n) is 3.09. The third kappa shape index (κ3) is 3.65. The van der Waals surface area contributed by atoms with Crippen LogP contribution in [0.15, 0.2) is 51.8 Å². The van der Waals surface area contributed by atoms with E-state index >= 15 is 0 Å². The van der Waals surface area contributed by atoms with Crippen molar-refractivity contribution in [2.75, 3.05) is 14.2 Å². The average Bonchev–Trinajstić information content (AvgIpc) is 2.53. The summed E-state index contributed by atoms with van der Waals surface area (Å²) in [6, 6.07) is 11.6. The van der Waals surface area contributed by atoms with Crippen LogP contribution < -0.4 is 9.47 Å². The lowest BCUT2D eigenvalue weighted by Crippen LogP contribution is -1.99. The molecule has 22 heavy (non-hydrogen) atoms. The van der Waals surface area contributed by atoms with Crippen LogP contribution in [0.5, 0.6) is 11.5 Å². The Morgan fingerprint density at radius 2 is 1.68 bits per heavy atom. The first kappa shape index (κ1) is 16.0. The lowest BCUT2D eigenvalue weighted by molar-refractivity contribution is 0.394. The topological polar surface area (TPSA) is 65.0 Å². The summed E-state index contributed by atoms with van der Waals surface area (Å²) in [5.74, 6) is 1.11. The van der Waals surface area contributed by atoms with Crippen molar-refractivity contribution in [1.82, 2.24) is 0 Å². The van der Waals surface area contributed by atoms with E-state index in [1.807, 2.05) is 6.92 Å². The Bertz CT molecular complexity index is 780. The zero-order chi connectivity index (χ0) is 16.2. The summed E-state index contributed by atoms with van der Waals surface area (Å²) in [5.41, 5.74) is 1.54. The maximum atomic E-state index is 12.2. The summed E-state index contributed by atoms with van der Waals surface area (Å²) in [7, 11) is -0.687. The van der Waals surface area contributed by atoms with Crippen molar-refractivity contribution in [3.8, 4) is 11.5 Å². The predicted molar refractivity (Wildman–Crippen MR) is 85.5 cm³/mol. The van der Waals surface area contributed by atoms with Crippen LogP contribution in [0.3, 0.4) is 0 Å². The molecule has 0 bridgehead atoms. The van der Waals surface area contributed by atoms with Gasteiger partial charge in [-0.3, -0.25) is 0 Å². The molecule has 0 aromatic heterocycles. The van der Waals surface area contributed by atoms with E-state index in [0.29, 0.717) is 17.1 Å². The molecular formula is C16H17NO4S. The van der Waals surface area contributed by atoms with Gasteiger partial charge in [0.25, 0.3) is 10.0 Å². The van der Waals surface area contributed by atoms with E-state index in [0.717, 1.165) is 5.56 Å². The van der Waals surface area contributed by atoms with Gasteiger partial charge in [0.05, 0.1) is 25.3 Å². The van der Waals surface area contributed by atoms with Gasteiger partial charge < -0.3 is 9.47 Å². The van der Waals surface area contributed by atoms with Crippen LogP contribution in [0, 0.1) is 6.92 Å². The predicted octanol–water partition coefficient (Wildman–Crippen LogP) is 2.82. The molecule has 0 aliphatic carbocycles. The Labute approximate surface area is 130 Å². The van der Waals surface area contributed by atoms with E-state index in [1.165, 1.54) is 25.5 Å². The van der Waals surface area contributed by atoms with Gasteiger partial charge in [-0.05, 0) is 31.2 Å². The lowest BCUT2D eigenvalue weighted by atomic mass is 10.2. The molecule has 0 amide bonds. The molecule has 0 aliphatic rings. The van der Waals surface area contributed by atoms with Gasteiger partial charge in [0.1, 0.15) is 11.5 Å². The minimum atomic E-state index is -3.73. The van der Waals surface area contributed by atoms with Crippen LogP contribution in [-0.2, 0) is 10.0 Å². The molecule has 0 N–H and O–H groups in total. The Kier molecular flexibility index (Phi) is 4.82. The van der Waals surface area contributed by atoms with Crippen LogP contribution in [-0.4, -0.2) is 28.9 Å². The smallest absolute Gasteiger partial charge is 0.282 e. The van der Waals surface area contributed by atoms with Gasteiger partial charge >= 0.3 is 0 Å². The van der Waals surface area contributed by atoms with Crippen LogP contribution in [0.1, 0.15) is 11.1 Å². The van der Waals surface area contributed by atoms with Gasteiger partial charge in [0.15, 0.2) is 0 Å². The zero-order valence-corrected chi connectivity index (χ0v) is 13.4. The highest BCUT2D eigenvalue weighted by atomic mass is 32.2. The minimum Gasteiger partial charge on any atom is -0.497 e. The van der Waals surface area contributed by atoms with Crippen molar-refractivity contribution in [3.63, 3.8) is 0 Å². The van der Waals surface area contributed by atoms with Crippen molar-refractivity contribution in [3.05, 3.63) is 53.6 Å². The van der Waals surface area contributed by atoms with Gasteiger partial charge in [-0.25, -0.2) is 0 Å². The monoisotopic (exact) mass is 319 g/mol. The summed E-state index contributed by atoms with van der Waals surface area (Å²) < 4.78 is 38.4. The number of methoxy groups -OCH3 is 2. The second kappa shape index (κ2) is 6.62. The van der Waals surface area contributed by atoms with Crippen LogP contribution in [0.4, 0.5) is 0 Å². The highest BCUT2D eigenvalue weighted by Gasteiger charge is 2.12. The molecular weight excluding hydrogens is 302 g/mol. The van der Waals surface area contributed by atoms with Gasteiger partial charge in [-0.2, -0.15) is 12.8 Å². The van der Waals surface area contributed by atoms with Crippen LogP contribution >= 0.6 is 0 Å². The Hall–Kier alpha value is -2.34. The number of aryl methyl sites for hydroxylation is 1. The van der Waals surface area contributed by atoms with Gasteiger partial charge in [-0.15, -0.1) is 0 Å². The maximum absolute atomic E-state index is 12.2. The first-order chi connectivity index (χ1) is 10.5. The van der Waals surface area contributed by atoms with Crippen molar-refractivity contribution >= 4 is 16.2 Å². The number of hydrogen-bond donors (Lipinski definition) is 0. The number of sulfonamides is 1. The van der Waals surface area contributed by atoms with E-state index in [-0.39, 0.29) is 4.90 Å². The molecule has 0 radical (unpaired) electrons. The first-order valence-corrected chi connectivity index (χ1v) is 7.99. The molecule has 5 nitrogen and oxygen atoms in total. The normalized spacial score (nSPS) is 11.6. The molecule has 0 saturated heterocycles. The van der Waals surface area contributed by atoms with E-state index in [2.05, 4.69) is 4.40 Å². The summed E-state index contributed by atoms with van der Waals surface area (Å²) in [6.45, 7) is 1.89. The second-order valence-electron chi connectivity index (χ2n) is 4.63. The quantitative estimate of drug-likeness (QED) is 0.795. The van der Waals surface area contributed by atoms with Crippen molar-refractivity contribution in [1.29, 1.82) is 0 Å². The van der Waals surface area contributed by atoms with E-state index in [9.17, 15) is 8.42 Å². The Morgan fingerprint density at radius 1 is 1.00 bits per heavy atom. The minimum absolute atomic E-state index is 0.154. The summed E-state index contributed by atoms with van der Waals surface area (Å²) in [4.78, 5) is 0.154. The molecule has 116 valence electrons. The number of benzene rings is 2. The molecule has 0 heterocycles. The van der Waals surface area contributed by atoms with Crippen LogP contribution in [0.2, 0.25) is 0 Å². The molecule has 0 spiro atoms. The number of rotatable bonds is 5. The number of ether oxygens (including phenoxy) is 2. The fourth-order valence-electron chi connectivity index (χ4n) is 1.82.